The fraction of sp³-hybridized carbons (Fsp3) is 0.200. The SMILES string of the molecule is Cc1cccnc1CC(=O)NCc1ccccc1O. The minimum atomic E-state index is -0.106. The standard InChI is InChI=1S/C15H16N2O2/c1-11-5-4-8-16-13(11)9-15(19)17-10-12-6-2-3-7-14(12)18/h2-8,18H,9-10H2,1H3,(H,17,19). The van der Waals surface area contributed by atoms with Crippen LogP contribution in [-0.4, -0.2) is 16.0 Å². The number of rotatable bonds is 4. The molecule has 19 heavy (non-hydrogen) atoms. The summed E-state index contributed by atoms with van der Waals surface area (Å²) < 4.78 is 0. The fourth-order valence-corrected chi connectivity index (χ4v) is 1.77. The zero-order chi connectivity index (χ0) is 13.7. The van der Waals surface area contributed by atoms with Crippen LogP contribution in [0.15, 0.2) is 42.6 Å². The first-order chi connectivity index (χ1) is 9.16. The lowest BCUT2D eigenvalue weighted by Crippen LogP contribution is -2.25. The topological polar surface area (TPSA) is 62.2 Å². The van der Waals surface area contributed by atoms with Gasteiger partial charge in [-0.2, -0.15) is 0 Å². The number of hydrogen-bond acceptors (Lipinski definition) is 3. The maximum absolute atomic E-state index is 11.8. The van der Waals surface area contributed by atoms with Crippen LogP contribution in [0.5, 0.6) is 5.75 Å². The van der Waals surface area contributed by atoms with E-state index in [-0.39, 0.29) is 18.1 Å². The van der Waals surface area contributed by atoms with Gasteiger partial charge in [0.1, 0.15) is 5.75 Å². The van der Waals surface area contributed by atoms with Crippen LogP contribution in [0.1, 0.15) is 16.8 Å². The number of carbonyl (C=O) groups excluding carboxylic acids is 1. The number of para-hydroxylation sites is 1. The number of pyridine rings is 1. The van der Waals surface area contributed by atoms with Crippen LogP contribution in [0.3, 0.4) is 0 Å². The lowest BCUT2D eigenvalue weighted by atomic mass is 10.1. The van der Waals surface area contributed by atoms with Crippen LogP contribution in [0.4, 0.5) is 0 Å². The fourth-order valence-electron chi connectivity index (χ4n) is 1.77. The Bertz CT molecular complexity index is 582. The molecule has 0 aliphatic carbocycles. The highest BCUT2D eigenvalue weighted by molar-refractivity contribution is 5.78. The van der Waals surface area contributed by atoms with Crippen molar-refractivity contribution >= 4 is 5.91 Å². The van der Waals surface area contributed by atoms with Crippen LogP contribution in [0.25, 0.3) is 0 Å². The Balaban J connectivity index is 1.92. The molecule has 1 aromatic heterocycles. The van der Waals surface area contributed by atoms with Gasteiger partial charge in [-0.3, -0.25) is 9.78 Å². The Labute approximate surface area is 112 Å². The van der Waals surface area contributed by atoms with E-state index in [4.69, 9.17) is 0 Å². The van der Waals surface area contributed by atoms with Crippen molar-refractivity contribution in [1.29, 1.82) is 0 Å². The molecule has 1 amide bonds. The molecule has 2 N–H and O–H groups in total. The molecule has 98 valence electrons. The second-order valence-corrected chi connectivity index (χ2v) is 4.35. The highest BCUT2D eigenvalue weighted by Crippen LogP contribution is 2.14. The number of aryl methyl sites for hydroxylation is 1. The predicted molar refractivity (Wildman–Crippen MR) is 72.6 cm³/mol. The molecule has 1 aromatic carbocycles. The van der Waals surface area contributed by atoms with Crippen LogP contribution in [-0.2, 0) is 17.8 Å². The summed E-state index contributed by atoms with van der Waals surface area (Å²) >= 11 is 0. The van der Waals surface area contributed by atoms with E-state index in [2.05, 4.69) is 10.3 Å². The Morgan fingerprint density at radius 1 is 1.26 bits per heavy atom. The van der Waals surface area contributed by atoms with Crippen LogP contribution >= 0.6 is 0 Å². The molecule has 0 unspecified atom stereocenters. The average molecular weight is 256 g/mol. The molecule has 4 heteroatoms. The molecule has 0 saturated heterocycles. The number of phenolic OH excluding ortho intramolecular Hbond substituents is 1. The molecular formula is C15H16N2O2. The van der Waals surface area contributed by atoms with Crippen molar-refractivity contribution in [3.63, 3.8) is 0 Å². The zero-order valence-electron chi connectivity index (χ0n) is 10.8. The summed E-state index contributed by atoms with van der Waals surface area (Å²) in [6.45, 7) is 2.25. The van der Waals surface area contributed by atoms with E-state index in [1.54, 1.807) is 24.4 Å². The quantitative estimate of drug-likeness (QED) is 0.879. The van der Waals surface area contributed by atoms with Gasteiger partial charge in [-0.05, 0) is 24.6 Å². The van der Waals surface area contributed by atoms with Gasteiger partial charge in [0.15, 0.2) is 0 Å². The van der Waals surface area contributed by atoms with Gasteiger partial charge in [0.25, 0.3) is 0 Å². The number of nitrogens with one attached hydrogen (secondary N) is 1. The van der Waals surface area contributed by atoms with Crippen LogP contribution < -0.4 is 5.32 Å². The monoisotopic (exact) mass is 256 g/mol. The van der Waals surface area contributed by atoms with Gasteiger partial charge >= 0.3 is 0 Å². The van der Waals surface area contributed by atoms with E-state index in [1.807, 2.05) is 25.1 Å². The zero-order valence-corrected chi connectivity index (χ0v) is 10.8. The predicted octanol–water partition coefficient (Wildman–Crippen LogP) is 1.95. The molecule has 0 atom stereocenters. The second-order valence-electron chi connectivity index (χ2n) is 4.35. The first-order valence-corrected chi connectivity index (χ1v) is 6.11. The van der Waals surface area contributed by atoms with Crippen molar-refractivity contribution < 1.29 is 9.90 Å². The van der Waals surface area contributed by atoms with E-state index in [9.17, 15) is 9.90 Å². The Kier molecular flexibility index (Phi) is 4.13. The Morgan fingerprint density at radius 3 is 2.79 bits per heavy atom. The van der Waals surface area contributed by atoms with Crippen molar-refractivity contribution in [2.45, 2.75) is 19.9 Å². The Morgan fingerprint density at radius 2 is 2.05 bits per heavy atom. The minimum absolute atomic E-state index is 0.106. The van der Waals surface area contributed by atoms with E-state index in [1.165, 1.54) is 0 Å². The highest BCUT2D eigenvalue weighted by atomic mass is 16.3. The van der Waals surface area contributed by atoms with Gasteiger partial charge in [0, 0.05) is 18.3 Å². The molecule has 0 bridgehead atoms. The molecular weight excluding hydrogens is 240 g/mol. The molecule has 0 aliphatic heterocycles. The summed E-state index contributed by atoms with van der Waals surface area (Å²) in [5, 5.41) is 12.4. The van der Waals surface area contributed by atoms with E-state index in [0.29, 0.717) is 12.1 Å². The smallest absolute Gasteiger partial charge is 0.226 e. The van der Waals surface area contributed by atoms with Crippen molar-refractivity contribution in [3.05, 3.63) is 59.4 Å². The molecule has 0 radical (unpaired) electrons. The molecule has 0 aliphatic rings. The summed E-state index contributed by atoms with van der Waals surface area (Å²) in [6, 6.07) is 10.7. The summed E-state index contributed by atoms with van der Waals surface area (Å²) in [6.07, 6.45) is 1.93. The second kappa shape index (κ2) is 6.00. The third-order valence-electron chi connectivity index (χ3n) is 2.91. The van der Waals surface area contributed by atoms with Gasteiger partial charge in [0.2, 0.25) is 5.91 Å². The third-order valence-corrected chi connectivity index (χ3v) is 2.91. The number of phenols is 1. The third kappa shape index (κ3) is 3.55. The summed E-state index contributed by atoms with van der Waals surface area (Å²) in [4.78, 5) is 16.0. The van der Waals surface area contributed by atoms with Crippen molar-refractivity contribution in [3.8, 4) is 5.75 Å². The number of hydrogen-bond donors (Lipinski definition) is 2. The molecule has 0 saturated carbocycles. The molecule has 2 rings (SSSR count). The first kappa shape index (κ1) is 13.1. The lowest BCUT2D eigenvalue weighted by molar-refractivity contribution is -0.120. The molecule has 2 aromatic rings. The van der Waals surface area contributed by atoms with E-state index >= 15 is 0 Å². The summed E-state index contributed by atoms with van der Waals surface area (Å²) in [7, 11) is 0. The maximum atomic E-state index is 11.8. The van der Waals surface area contributed by atoms with Crippen molar-refractivity contribution in [2.75, 3.05) is 0 Å². The normalized spacial score (nSPS) is 10.2. The number of aromatic hydroxyl groups is 1. The van der Waals surface area contributed by atoms with Gasteiger partial charge in [-0.25, -0.2) is 0 Å². The molecule has 0 fully saturated rings. The van der Waals surface area contributed by atoms with E-state index < -0.39 is 0 Å². The largest absolute Gasteiger partial charge is 0.508 e. The molecule has 4 nitrogen and oxygen atoms in total. The lowest BCUT2D eigenvalue weighted by Gasteiger charge is -2.07. The maximum Gasteiger partial charge on any atom is 0.226 e. The van der Waals surface area contributed by atoms with E-state index in [0.717, 1.165) is 11.3 Å². The summed E-state index contributed by atoms with van der Waals surface area (Å²) in [5.74, 6) is 0.0851. The Hall–Kier alpha value is -2.36. The number of amides is 1. The number of benzene rings is 1. The van der Waals surface area contributed by atoms with Crippen molar-refractivity contribution in [1.82, 2.24) is 10.3 Å². The number of aromatic nitrogens is 1. The van der Waals surface area contributed by atoms with Gasteiger partial charge in [0.05, 0.1) is 12.1 Å². The minimum Gasteiger partial charge on any atom is -0.508 e. The number of carbonyl (C=O) groups is 1. The van der Waals surface area contributed by atoms with Crippen LogP contribution in [0, 0.1) is 6.92 Å². The average Bonchev–Trinajstić information content (AvgIpc) is 2.40. The first-order valence-electron chi connectivity index (χ1n) is 6.11. The molecule has 0 spiro atoms. The van der Waals surface area contributed by atoms with Gasteiger partial charge in [-0.15, -0.1) is 0 Å². The van der Waals surface area contributed by atoms with Crippen molar-refractivity contribution in [2.24, 2.45) is 0 Å². The van der Waals surface area contributed by atoms with Gasteiger partial charge in [-0.1, -0.05) is 24.3 Å². The van der Waals surface area contributed by atoms with Crippen LogP contribution in [0.2, 0.25) is 0 Å². The molecule has 1 heterocycles. The highest BCUT2D eigenvalue weighted by Gasteiger charge is 2.07. The van der Waals surface area contributed by atoms with Gasteiger partial charge < -0.3 is 10.4 Å². The summed E-state index contributed by atoms with van der Waals surface area (Å²) in [5.41, 5.74) is 2.48. The number of nitrogens with zero attached hydrogens (tertiary/aromatic N) is 1.